The lowest BCUT2D eigenvalue weighted by molar-refractivity contribution is 0.486. The van der Waals surface area contributed by atoms with E-state index in [1.165, 1.54) is 5.56 Å². The Balaban J connectivity index is 2.04. The van der Waals surface area contributed by atoms with Gasteiger partial charge in [-0.15, -0.1) is 0 Å². The first kappa shape index (κ1) is 13.3. The molecule has 0 aliphatic heterocycles. The molecular formula is C16H17N3. The lowest BCUT2D eigenvalue weighted by Gasteiger charge is -2.20. The molecular weight excluding hydrogens is 234 g/mol. The van der Waals surface area contributed by atoms with E-state index < -0.39 is 0 Å². The summed E-state index contributed by atoms with van der Waals surface area (Å²) in [4.78, 5) is 4.35. The molecule has 1 aromatic carbocycles. The van der Waals surface area contributed by atoms with Gasteiger partial charge in [-0.05, 0) is 43.7 Å². The van der Waals surface area contributed by atoms with Gasteiger partial charge in [-0.2, -0.15) is 5.26 Å². The number of hydrogen-bond donors (Lipinski definition) is 1. The van der Waals surface area contributed by atoms with Crippen molar-refractivity contribution < 1.29 is 0 Å². The first-order chi connectivity index (χ1) is 9.20. The van der Waals surface area contributed by atoms with E-state index in [2.05, 4.69) is 30.2 Å². The quantitative estimate of drug-likeness (QED) is 0.906. The fourth-order valence-electron chi connectivity index (χ4n) is 2.04. The van der Waals surface area contributed by atoms with E-state index in [-0.39, 0.29) is 12.1 Å². The number of rotatable bonds is 4. The van der Waals surface area contributed by atoms with Crippen molar-refractivity contribution in [2.24, 2.45) is 0 Å². The van der Waals surface area contributed by atoms with Crippen LogP contribution in [0.4, 0.5) is 0 Å². The molecule has 1 N–H and O–H groups in total. The van der Waals surface area contributed by atoms with Crippen LogP contribution in [-0.2, 0) is 0 Å². The highest BCUT2D eigenvalue weighted by atomic mass is 15.0. The van der Waals surface area contributed by atoms with Crippen molar-refractivity contribution in [2.45, 2.75) is 25.9 Å². The fraction of sp³-hybridized carbons (Fsp3) is 0.250. The van der Waals surface area contributed by atoms with E-state index in [9.17, 15) is 0 Å². The van der Waals surface area contributed by atoms with Crippen LogP contribution in [0.15, 0.2) is 48.7 Å². The molecule has 0 spiro atoms. The number of nitriles is 1. The molecule has 2 unspecified atom stereocenters. The van der Waals surface area contributed by atoms with Gasteiger partial charge in [-0.25, -0.2) is 0 Å². The van der Waals surface area contributed by atoms with E-state index in [4.69, 9.17) is 5.26 Å². The van der Waals surface area contributed by atoms with Crippen molar-refractivity contribution >= 4 is 0 Å². The zero-order valence-corrected chi connectivity index (χ0v) is 11.2. The van der Waals surface area contributed by atoms with Crippen LogP contribution in [0.2, 0.25) is 0 Å². The zero-order valence-electron chi connectivity index (χ0n) is 11.2. The molecule has 2 rings (SSSR count). The van der Waals surface area contributed by atoms with Crippen molar-refractivity contribution in [1.29, 1.82) is 5.26 Å². The van der Waals surface area contributed by atoms with Crippen LogP contribution in [0, 0.1) is 11.3 Å². The zero-order chi connectivity index (χ0) is 13.7. The molecule has 0 saturated carbocycles. The largest absolute Gasteiger partial charge is 0.302 e. The van der Waals surface area contributed by atoms with Crippen LogP contribution in [-0.4, -0.2) is 4.98 Å². The van der Waals surface area contributed by atoms with Gasteiger partial charge >= 0.3 is 0 Å². The van der Waals surface area contributed by atoms with Crippen molar-refractivity contribution in [3.63, 3.8) is 0 Å². The summed E-state index contributed by atoms with van der Waals surface area (Å²) in [7, 11) is 0. The van der Waals surface area contributed by atoms with Gasteiger partial charge in [0.1, 0.15) is 0 Å². The summed E-state index contributed by atoms with van der Waals surface area (Å²) in [6.07, 6.45) is 1.81. The Kier molecular flexibility index (Phi) is 4.27. The molecule has 0 radical (unpaired) electrons. The van der Waals surface area contributed by atoms with Gasteiger partial charge in [0, 0.05) is 18.3 Å². The SMILES string of the molecule is CC(NC(C)c1ccccn1)c1ccc(C#N)cc1. The molecule has 0 aliphatic rings. The lowest BCUT2D eigenvalue weighted by Crippen LogP contribution is -2.23. The van der Waals surface area contributed by atoms with E-state index >= 15 is 0 Å². The smallest absolute Gasteiger partial charge is 0.0991 e. The van der Waals surface area contributed by atoms with Crippen LogP contribution in [0.1, 0.15) is 42.8 Å². The first-order valence-corrected chi connectivity index (χ1v) is 6.37. The Morgan fingerprint density at radius 2 is 1.79 bits per heavy atom. The van der Waals surface area contributed by atoms with Crippen LogP contribution < -0.4 is 5.32 Å². The van der Waals surface area contributed by atoms with Crippen molar-refractivity contribution in [1.82, 2.24) is 10.3 Å². The van der Waals surface area contributed by atoms with Gasteiger partial charge < -0.3 is 5.32 Å². The van der Waals surface area contributed by atoms with Gasteiger partial charge in [0.05, 0.1) is 17.3 Å². The van der Waals surface area contributed by atoms with Gasteiger partial charge in [0.25, 0.3) is 0 Å². The molecule has 0 aliphatic carbocycles. The number of nitrogens with zero attached hydrogens (tertiary/aromatic N) is 2. The fourth-order valence-corrected chi connectivity index (χ4v) is 2.04. The summed E-state index contributed by atoms with van der Waals surface area (Å²) in [5.41, 5.74) is 2.89. The lowest BCUT2D eigenvalue weighted by atomic mass is 10.1. The van der Waals surface area contributed by atoms with Crippen molar-refractivity contribution in [3.8, 4) is 6.07 Å². The molecule has 2 aromatic rings. The highest BCUT2D eigenvalue weighted by Crippen LogP contribution is 2.18. The average molecular weight is 251 g/mol. The molecule has 3 nitrogen and oxygen atoms in total. The van der Waals surface area contributed by atoms with Crippen LogP contribution in [0.3, 0.4) is 0 Å². The first-order valence-electron chi connectivity index (χ1n) is 6.37. The summed E-state index contributed by atoms with van der Waals surface area (Å²) in [5.74, 6) is 0. The Labute approximate surface area is 113 Å². The topological polar surface area (TPSA) is 48.7 Å². The van der Waals surface area contributed by atoms with Gasteiger partial charge in [0.15, 0.2) is 0 Å². The molecule has 2 atom stereocenters. The Hall–Kier alpha value is -2.18. The van der Waals surface area contributed by atoms with E-state index in [0.717, 1.165) is 5.69 Å². The summed E-state index contributed by atoms with van der Waals surface area (Å²) in [5, 5.41) is 12.3. The molecule has 19 heavy (non-hydrogen) atoms. The minimum absolute atomic E-state index is 0.187. The third kappa shape index (κ3) is 3.40. The maximum Gasteiger partial charge on any atom is 0.0991 e. The van der Waals surface area contributed by atoms with Gasteiger partial charge in [0.2, 0.25) is 0 Å². The highest BCUT2D eigenvalue weighted by Gasteiger charge is 2.11. The van der Waals surface area contributed by atoms with E-state index in [0.29, 0.717) is 5.56 Å². The average Bonchev–Trinajstić information content (AvgIpc) is 2.48. The molecule has 3 heteroatoms. The van der Waals surface area contributed by atoms with Gasteiger partial charge in [-0.3, -0.25) is 4.98 Å². The van der Waals surface area contributed by atoms with Crippen molar-refractivity contribution in [2.75, 3.05) is 0 Å². The molecule has 0 saturated heterocycles. The Morgan fingerprint density at radius 1 is 1.05 bits per heavy atom. The van der Waals surface area contributed by atoms with Crippen LogP contribution >= 0.6 is 0 Å². The molecule has 0 amide bonds. The predicted molar refractivity (Wildman–Crippen MR) is 75.4 cm³/mol. The Morgan fingerprint density at radius 3 is 2.37 bits per heavy atom. The maximum absolute atomic E-state index is 8.79. The van der Waals surface area contributed by atoms with Crippen molar-refractivity contribution in [3.05, 3.63) is 65.5 Å². The molecule has 1 heterocycles. The minimum Gasteiger partial charge on any atom is -0.302 e. The summed E-state index contributed by atoms with van der Waals surface area (Å²) >= 11 is 0. The predicted octanol–water partition coefficient (Wildman–Crippen LogP) is 3.37. The second kappa shape index (κ2) is 6.12. The van der Waals surface area contributed by atoms with Crippen LogP contribution in [0.25, 0.3) is 0 Å². The normalized spacial score (nSPS) is 13.5. The third-order valence-electron chi connectivity index (χ3n) is 3.17. The number of pyridine rings is 1. The molecule has 96 valence electrons. The van der Waals surface area contributed by atoms with E-state index in [1.807, 2.05) is 42.5 Å². The molecule has 1 aromatic heterocycles. The monoisotopic (exact) mass is 251 g/mol. The van der Waals surface area contributed by atoms with E-state index in [1.54, 1.807) is 6.20 Å². The molecule has 0 fully saturated rings. The second-order valence-corrected chi connectivity index (χ2v) is 4.60. The summed E-state index contributed by atoms with van der Waals surface area (Å²) in [6.45, 7) is 4.21. The second-order valence-electron chi connectivity index (χ2n) is 4.60. The third-order valence-corrected chi connectivity index (χ3v) is 3.17. The Bertz CT molecular complexity index is 555. The number of hydrogen-bond acceptors (Lipinski definition) is 3. The number of nitrogens with one attached hydrogen (secondary N) is 1. The number of aromatic nitrogens is 1. The maximum atomic E-state index is 8.79. The van der Waals surface area contributed by atoms with Gasteiger partial charge in [-0.1, -0.05) is 18.2 Å². The summed E-state index contributed by atoms with van der Waals surface area (Å²) in [6, 6.07) is 16.1. The number of benzene rings is 1. The summed E-state index contributed by atoms with van der Waals surface area (Å²) < 4.78 is 0. The highest BCUT2D eigenvalue weighted by molar-refractivity contribution is 5.32. The standard InChI is InChI=1S/C16H17N3/c1-12(15-8-6-14(11-17)7-9-15)19-13(2)16-5-3-4-10-18-16/h3-10,12-13,19H,1-2H3. The molecule has 0 bridgehead atoms. The van der Waals surface area contributed by atoms with Crippen LogP contribution in [0.5, 0.6) is 0 Å². The minimum atomic E-state index is 0.187.